The Kier molecular flexibility index (Phi) is 5.46. The molecular formula is C20H17BrN2O2. The summed E-state index contributed by atoms with van der Waals surface area (Å²) in [5, 5.41) is 2.72. The van der Waals surface area contributed by atoms with E-state index < -0.39 is 0 Å². The molecule has 5 heteroatoms. The second-order valence-electron chi connectivity index (χ2n) is 5.66. The molecular weight excluding hydrogens is 380 g/mol. The minimum Gasteiger partial charge on any atom is -0.321 e. The number of hydrogen-bond acceptors (Lipinski definition) is 2. The third-order valence-electron chi connectivity index (χ3n) is 3.80. The molecule has 1 N–H and O–H groups in total. The first-order valence-electron chi connectivity index (χ1n) is 7.90. The topological polar surface area (TPSA) is 51.1 Å². The maximum Gasteiger partial charge on any atom is 0.274 e. The van der Waals surface area contributed by atoms with E-state index in [1.807, 2.05) is 54.6 Å². The zero-order valence-corrected chi connectivity index (χ0v) is 15.1. The van der Waals surface area contributed by atoms with Crippen LogP contribution in [0.3, 0.4) is 0 Å². The molecule has 1 amide bonds. The van der Waals surface area contributed by atoms with Gasteiger partial charge in [-0.15, -0.1) is 0 Å². The zero-order valence-electron chi connectivity index (χ0n) is 13.5. The second-order valence-corrected chi connectivity index (χ2v) is 6.51. The van der Waals surface area contributed by atoms with Crippen LogP contribution in [0.2, 0.25) is 0 Å². The molecule has 0 atom stereocenters. The van der Waals surface area contributed by atoms with E-state index in [2.05, 4.69) is 21.2 Å². The van der Waals surface area contributed by atoms with Gasteiger partial charge in [-0.05, 0) is 29.3 Å². The average molecular weight is 397 g/mol. The Hall–Kier alpha value is -2.66. The van der Waals surface area contributed by atoms with Crippen LogP contribution in [0.25, 0.3) is 0 Å². The summed E-state index contributed by atoms with van der Waals surface area (Å²) in [5.74, 6) is -0.207. The lowest BCUT2D eigenvalue weighted by molar-refractivity contribution is -0.115. The minimum absolute atomic E-state index is 0.207. The third kappa shape index (κ3) is 4.45. The van der Waals surface area contributed by atoms with Gasteiger partial charge in [0.05, 0.1) is 13.0 Å². The lowest BCUT2D eigenvalue weighted by Gasteiger charge is -2.10. The first-order chi connectivity index (χ1) is 12.1. The summed E-state index contributed by atoms with van der Waals surface area (Å²) in [6.07, 6.45) is 1.95. The molecule has 0 bridgehead atoms. The van der Waals surface area contributed by atoms with E-state index in [0.29, 0.717) is 6.54 Å². The van der Waals surface area contributed by atoms with Crippen LogP contribution in [0, 0.1) is 0 Å². The SMILES string of the molecule is O=C(Cc1ccccc1)Nc1cccn(Cc2ccccc2Br)c1=O. The van der Waals surface area contributed by atoms with Crippen molar-refractivity contribution in [1.82, 2.24) is 4.57 Å². The molecule has 0 aliphatic heterocycles. The zero-order chi connectivity index (χ0) is 17.6. The Morgan fingerprint density at radius 3 is 2.44 bits per heavy atom. The maximum absolute atomic E-state index is 12.6. The fourth-order valence-electron chi connectivity index (χ4n) is 2.54. The summed E-state index contributed by atoms with van der Waals surface area (Å²) in [6.45, 7) is 0.433. The summed E-state index contributed by atoms with van der Waals surface area (Å²) >= 11 is 3.49. The lowest BCUT2D eigenvalue weighted by atomic mass is 10.1. The maximum atomic E-state index is 12.6. The van der Waals surface area contributed by atoms with Gasteiger partial charge in [0, 0.05) is 10.7 Å². The van der Waals surface area contributed by atoms with Gasteiger partial charge in [-0.1, -0.05) is 64.5 Å². The summed E-state index contributed by atoms with van der Waals surface area (Å²) in [4.78, 5) is 24.8. The highest BCUT2D eigenvalue weighted by Crippen LogP contribution is 2.16. The average Bonchev–Trinajstić information content (AvgIpc) is 2.61. The Balaban J connectivity index is 1.76. The number of amides is 1. The first kappa shape index (κ1) is 17.2. The summed E-state index contributed by atoms with van der Waals surface area (Å²) in [5.41, 5.74) is 1.97. The molecule has 0 saturated heterocycles. The highest BCUT2D eigenvalue weighted by atomic mass is 79.9. The van der Waals surface area contributed by atoms with E-state index in [1.54, 1.807) is 22.9 Å². The van der Waals surface area contributed by atoms with Crippen LogP contribution in [0.5, 0.6) is 0 Å². The Labute approximate surface area is 154 Å². The number of carbonyl (C=O) groups is 1. The van der Waals surface area contributed by atoms with Gasteiger partial charge in [-0.2, -0.15) is 0 Å². The van der Waals surface area contributed by atoms with Crippen molar-refractivity contribution in [3.8, 4) is 0 Å². The molecule has 1 heterocycles. The largest absolute Gasteiger partial charge is 0.321 e. The van der Waals surface area contributed by atoms with Crippen LogP contribution in [0.15, 0.2) is 82.2 Å². The quantitative estimate of drug-likeness (QED) is 0.711. The molecule has 4 nitrogen and oxygen atoms in total. The fraction of sp³-hybridized carbons (Fsp3) is 0.100. The van der Waals surface area contributed by atoms with Gasteiger partial charge >= 0.3 is 0 Å². The van der Waals surface area contributed by atoms with Crippen molar-refractivity contribution in [3.63, 3.8) is 0 Å². The molecule has 3 aromatic rings. The third-order valence-corrected chi connectivity index (χ3v) is 4.57. The van der Waals surface area contributed by atoms with E-state index in [4.69, 9.17) is 0 Å². The summed E-state index contributed by atoms with van der Waals surface area (Å²) in [7, 11) is 0. The molecule has 0 saturated carbocycles. The first-order valence-corrected chi connectivity index (χ1v) is 8.69. The van der Waals surface area contributed by atoms with Crippen molar-refractivity contribution < 1.29 is 4.79 Å². The van der Waals surface area contributed by atoms with Gasteiger partial charge in [0.25, 0.3) is 5.56 Å². The molecule has 0 aliphatic carbocycles. The van der Waals surface area contributed by atoms with E-state index in [-0.39, 0.29) is 23.6 Å². The number of benzene rings is 2. The number of carbonyl (C=O) groups excluding carboxylic acids is 1. The van der Waals surface area contributed by atoms with Crippen LogP contribution in [-0.2, 0) is 17.8 Å². The van der Waals surface area contributed by atoms with Crippen molar-refractivity contribution in [2.45, 2.75) is 13.0 Å². The fourth-order valence-corrected chi connectivity index (χ4v) is 2.95. The van der Waals surface area contributed by atoms with Crippen LogP contribution in [-0.4, -0.2) is 10.5 Å². The number of nitrogens with zero attached hydrogens (tertiary/aromatic N) is 1. The number of rotatable bonds is 5. The molecule has 0 fully saturated rings. The van der Waals surface area contributed by atoms with Crippen LogP contribution < -0.4 is 10.9 Å². The van der Waals surface area contributed by atoms with E-state index in [9.17, 15) is 9.59 Å². The van der Waals surface area contributed by atoms with E-state index in [1.165, 1.54) is 0 Å². The van der Waals surface area contributed by atoms with Gasteiger partial charge in [0.1, 0.15) is 5.69 Å². The number of halogens is 1. The number of hydrogen-bond donors (Lipinski definition) is 1. The minimum atomic E-state index is -0.223. The van der Waals surface area contributed by atoms with E-state index in [0.717, 1.165) is 15.6 Å². The van der Waals surface area contributed by atoms with Crippen LogP contribution in [0.4, 0.5) is 5.69 Å². The molecule has 3 rings (SSSR count). The Bertz CT molecular complexity index is 936. The summed E-state index contributed by atoms with van der Waals surface area (Å²) in [6, 6.07) is 20.6. The van der Waals surface area contributed by atoms with Gasteiger partial charge in [0.2, 0.25) is 5.91 Å². The van der Waals surface area contributed by atoms with Gasteiger partial charge < -0.3 is 9.88 Å². The smallest absolute Gasteiger partial charge is 0.274 e. The lowest BCUT2D eigenvalue weighted by Crippen LogP contribution is -2.26. The van der Waals surface area contributed by atoms with Gasteiger partial charge in [-0.25, -0.2) is 0 Å². The molecule has 0 radical (unpaired) electrons. The standard InChI is InChI=1S/C20H17BrN2O2/c21-17-10-5-4-9-16(17)14-23-12-6-11-18(20(23)25)22-19(24)13-15-7-2-1-3-8-15/h1-12H,13-14H2,(H,22,24). The second kappa shape index (κ2) is 7.94. The van der Waals surface area contributed by atoms with Gasteiger partial charge in [0.15, 0.2) is 0 Å². The molecule has 0 unspecified atom stereocenters. The van der Waals surface area contributed by atoms with E-state index >= 15 is 0 Å². The molecule has 1 aromatic heterocycles. The molecule has 2 aromatic carbocycles. The highest BCUT2D eigenvalue weighted by Gasteiger charge is 2.09. The molecule has 25 heavy (non-hydrogen) atoms. The van der Waals surface area contributed by atoms with Crippen molar-refractivity contribution in [3.05, 3.63) is 98.9 Å². The molecule has 0 spiro atoms. The number of anilines is 1. The number of aromatic nitrogens is 1. The van der Waals surface area contributed by atoms with Crippen molar-refractivity contribution >= 4 is 27.5 Å². The highest BCUT2D eigenvalue weighted by molar-refractivity contribution is 9.10. The van der Waals surface area contributed by atoms with Crippen molar-refractivity contribution in [1.29, 1.82) is 0 Å². The predicted molar refractivity (Wildman–Crippen MR) is 103 cm³/mol. The monoisotopic (exact) mass is 396 g/mol. The van der Waals surface area contributed by atoms with Crippen molar-refractivity contribution in [2.75, 3.05) is 5.32 Å². The summed E-state index contributed by atoms with van der Waals surface area (Å²) < 4.78 is 2.53. The number of nitrogens with one attached hydrogen (secondary N) is 1. The normalized spacial score (nSPS) is 10.4. The van der Waals surface area contributed by atoms with Crippen molar-refractivity contribution in [2.24, 2.45) is 0 Å². The Morgan fingerprint density at radius 2 is 1.68 bits per heavy atom. The number of pyridine rings is 1. The van der Waals surface area contributed by atoms with Gasteiger partial charge in [-0.3, -0.25) is 9.59 Å². The Morgan fingerprint density at radius 1 is 0.960 bits per heavy atom. The predicted octanol–water partition coefficient (Wildman–Crippen LogP) is 3.84. The molecule has 126 valence electrons. The van der Waals surface area contributed by atoms with Crippen LogP contribution >= 0.6 is 15.9 Å². The molecule has 0 aliphatic rings. The van der Waals surface area contributed by atoms with Crippen LogP contribution in [0.1, 0.15) is 11.1 Å².